The maximum absolute atomic E-state index is 12.3. The van der Waals surface area contributed by atoms with E-state index in [4.69, 9.17) is 9.47 Å². The number of pyridine rings is 1. The van der Waals surface area contributed by atoms with Crippen LogP contribution in [-0.2, 0) is 11.3 Å². The monoisotopic (exact) mass is 261 g/mol. The molecule has 0 saturated carbocycles. The molecule has 4 nitrogen and oxygen atoms in total. The van der Waals surface area contributed by atoms with Crippen LogP contribution in [-0.4, -0.2) is 24.9 Å². The van der Waals surface area contributed by atoms with Gasteiger partial charge in [-0.3, -0.25) is 4.79 Å². The summed E-state index contributed by atoms with van der Waals surface area (Å²) >= 11 is 0. The van der Waals surface area contributed by atoms with Crippen LogP contribution in [0.2, 0.25) is 0 Å². The lowest BCUT2D eigenvalue weighted by atomic mass is 10.1. The van der Waals surface area contributed by atoms with Crippen molar-refractivity contribution in [2.45, 2.75) is 19.9 Å². The first-order valence-electron chi connectivity index (χ1n) is 6.52. The summed E-state index contributed by atoms with van der Waals surface area (Å²) < 4.78 is 12.3. The van der Waals surface area contributed by atoms with E-state index in [1.54, 1.807) is 17.9 Å². The molecular formula is C15H19NO3. The smallest absolute Gasteiger partial charge is 0.258 e. The number of ether oxygens (including phenoxy) is 2. The summed E-state index contributed by atoms with van der Waals surface area (Å²) in [5.41, 5.74) is -0.00324. The van der Waals surface area contributed by atoms with Gasteiger partial charge in [0.25, 0.3) is 5.56 Å². The predicted molar refractivity (Wildman–Crippen MR) is 75.9 cm³/mol. The highest BCUT2D eigenvalue weighted by molar-refractivity contribution is 5.87. The van der Waals surface area contributed by atoms with Gasteiger partial charge < -0.3 is 14.0 Å². The SMILES string of the molecule is CCCOc1cccc2c(=O)n(CCOC)ccc12. The average molecular weight is 261 g/mol. The van der Waals surface area contributed by atoms with Crippen molar-refractivity contribution in [1.82, 2.24) is 4.57 Å². The third-order valence-corrected chi connectivity index (χ3v) is 2.98. The molecule has 102 valence electrons. The summed E-state index contributed by atoms with van der Waals surface area (Å²) in [6, 6.07) is 7.52. The Hall–Kier alpha value is -1.81. The first kappa shape index (κ1) is 13.6. The first-order valence-corrected chi connectivity index (χ1v) is 6.52. The second kappa shape index (κ2) is 6.38. The van der Waals surface area contributed by atoms with Crippen molar-refractivity contribution < 1.29 is 9.47 Å². The van der Waals surface area contributed by atoms with Gasteiger partial charge in [0.15, 0.2) is 0 Å². The summed E-state index contributed by atoms with van der Waals surface area (Å²) in [6.45, 7) is 3.80. The summed E-state index contributed by atoms with van der Waals surface area (Å²) in [6.07, 6.45) is 2.74. The molecule has 19 heavy (non-hydrogen) atoms. The number of methoxy groups -OCH3 is 1. The van der Waals surface area contributed by atoms with Crippen LogP contribution in [0.25, 0.3) is 10.8 Å². The number of benzene rings is 1. The lowest BCUT2D eigenvalue weighted by Crippen LogP contribution is -2.21. The molecule has 0 unspecified atom stereocenters. The predicted octanol–water partition coefficient (Wildman–Crippen LogP) is 2.44. The van der Waals surface area contributed by atoms with Crippen molar-refractivity contribution in [2.24, 2.45) is 0 Å². The molecule has 4 heteroatoms. The second-order valence-electron chi connectivity index (χ2n) is 4.37. The standard InChI is InChI=1S/C15H19NO3/c1-3-10-19-14-6-4-5-13-12(14)7-8-16(15(13)17)9-11-18-2/h4-8H,3,9-11H2,1-2H3. The van der Waals surface area contributed by atoms with E-state index in [-0.39, 0.29) is 5.56 Å². The fourth-order valence-electron chi connectivity index (χ4n) is 1.99. The van der Waals surface area contributed by atoms with Gasteiger partial charge >= 0.3 is 0 Å². The van der Waals surface area contributed by atoms with Gasteiger partial charge in [0.05, 0.1) is 18.6 Å². The molecule has 0 aliphatic rings. The molecule has 0 amide bonds. The van der Waals surface area contributed by atoms with Crippen molar-refractivity contribution in [3.8, 4) is 5.75 Å². The molecule has 0 spiro atoms. The zero-order valence-corrected chi connectivity index (χ0v) is 11.4. The Morgan fingerprint density at radius 2 is 2.00 bits per heavy atom. The van der Waals surface area contributed by atoms with E-state index < -0.39 is 0 Å². The molecule has 1 aromatic carbocycles. The summed E-state index contributed by atoms with van der Waals surface area (Å²) in [7, 11) is 1.63. The average Bonchev–Trinajstić information content (AvgIpc) is 2.44. The Morgan fingerprint density at radius 3 is 2.74 bits per heavy atom. The van der Waals surface area contributed by atoms with E-state index in [1.165, 1.54) is 0 Å². The number of rotatable bonds is 6. The number of aromatic nitrogens is 1. The van der Waals surface area contributed by atoms with E-state index >= 15 is 0 Å². The van der Waals surface area contributed by atoms with Crippen LogP contribution in [0.5, 0.6) is 5.75 Å². The second-order valence-corrected chi connectivity index (χ2v) is 4.37. The van der Waals surface area contributed by atoms with E-state index in [9.17, 15) is 4.79 Å². The number of hydrogen-bond donors (Lipinski definition) is 0. The fraction of sp³-hybridized carbons (Fsp3) is 0.400. The topological polar surface area (TPSA) is 40.5 Å². The van der Waals surface area contributed by atoms with Crippen molar-refractivity contribution in [2.75, 3.05) is 20.3 Å². The summed E-state index contributed by atoms with van der Waals surface area (Å²) in [4.78, 5) is 12.3. The molecule has 0 fully saturated rings. The number of hydrogen-bond acceptors (Lipinski definition) is 3. The normalized spacial score (nSPS) is 10.8. The van der Waals surface area contributed by atoms with Crippen molar-refractivity contribution in [1.29, 1.82) is 0 Å². The molecule has 0 bridgehead atoms. The van der Waals surface area contributed by atoms with E-state index in [1.807, 2.05) is 24.3 Å². The molecule has 2 aromatic rings. The third kappa shape index (κ3) is 2.96. The van der Waals surface area contributed by atoms with Crippen molar-refractivity contribution in [3.63, 3.8) is 0 Å². The molecule has 2 rings (SSSR count). The maximum Gasteiger partial charge on any atom is 0.258 e. The quantitative estimate of drug-likeness (QED) is 0.802. The summed E-state index contributed by atoms with van der Waals surface area (Å²) in [5.74, 6) is 0.773. The van der Waals surface area contributed by atoms with Gasteiger partial charge in [-0.1, -0.05) is 13.0 Å². The number of nitrogens with zero attached hydrogens (tertiary/aromatic N) is 1. The van der Waals surface area contributed by atoms with Gasteiger partial charge in [0.1, 0.15) is 5.75 Å². The zero-order chi connectivity index (χ0) is 13.7. The van der Waals surface area contributed by atoms with Gasteiger partial charge in [-0.2, -0.15) is 0 Å². The van der Waals surface area contributed by atoms with Crippen LogP contribution in [0, 0.1) is 0 Å². The minimum absolute atomic E-state index is 0.00324. The van der Waals surface area contributed by atoms with Gasteiger partial charge in [-0.25, -0.2) is 0 Å². The van der Waals surface area contributed by atoms with E-state index in [2.05, 4.69) is 6.92 Å². The maximum atomic E-state index is 12.3. The minimum Gasteiger partial charge on any atom is -0.493 e. The lowest BCUT2D eigenvalue weighted by molar-refractivity contribution is 0.186. The Kier molecular flexibility index (Phi) is 4.58. The van der Waals surface area contributed by atoms with Gasteiger partial charge in [-0.05, 0) is 24.6 Å². The van der Waals surface area contributed by atoms with Gasteiger partial charge in [-0.15, -0.1) is 0 Å². The highest BCUT2D eigenvalue weighted by atomic mass is 16.5. The van der Waals surface area contributed by atoms with E-state index in [0.29, 0.717) is 25.1 Å². The first-order chi connectivity index (χ1) is 9.27. The highest BCUT2D eigenvalue weighted by Gasteiger charge is 2.07. The molecule has 0 N–H and O–H groups in total. The van der Waals surface area contributed by atoms with Crippen LogP contribution in [0.4, 0.5) is 0 Å². The Balaban J connectivity index is 2.43. The third-order valence-electron chi connectivity index (χ3n) is 2.98. The van der Waals surface area contributed by atoms with Crippen molar-refractivity contribution in [3.05, 3.63) is 40.8 Å². The largest absolute Gasteiger partial charge is 0.493 e. The Bertz CT molecular complexity index is 604. The minimum atomic E-state index is -0.00324. The Morgan fingerprint density at radius 1 is 1.16 bits per heavy atom. The fourth-order valence-corrected chi connectivity index (χ4v) is 1.99. The lowest BCUT2D eigenvalue weighted by Gasteiger charge is -2.10. The molecule has 0 radical (unpaired) electrons. The molecule has 0 atom stereocenters. The molecular weight excluding hydrogens is 242 g/mol. The van der Waals surface area contributed by atoms with E-state index in [0.717, 1.165) is 17.6 Å². The van der Waals surface area contributed by atoms with Crippen LogP contribution in [0.3, 0.4) is 0 Å². The molecule has 1 heterocycles. The van der Waals surface area contributed by atoms with Crippen LogP contribution < -0.4 is 10.3 Å². The van der Waals surface area contributed by atoms with Crippen LogP contribution >= 0.6 is 0 Å². The van der Waals surface area contributed by atoms with Gasteiger partial charge in [0.2, 0.25) is 0 Å². The Labute approximate surface area is 112 Å². The van der Waals surface area contributed by atoms with Crippen LogP contribution in [0.15, 0.2) is 35.3 Å². The summed E-state index contributed by atoms with van der Waals surface area (Å²) in [5, 5.41) is 1.56. The van der Waals surface area contributed by atoms with Gasteiger partial charge in [0, 0.05) is 25.2 Å². The molecule has 0 saturated heterocycles. The zero-order valence-electron chi connectivity index (χ0n) is 11.4. The highest BCUT2D eigenvalue weighted by Crippen LogP contribution is 2.23. The number of fused-ring (bicyclic) bond motifs is 1. The van der Waals surface area contributed by atoms with Crippen molar-refractivity contribution >= 4 is 10.8 Å². The molecule has 0 aliphatic heterocycles. The van der Waals surface area contributed by atoms with Crippen LogP contribution in [0.1, 0.15) is 13.3 Å². The molecule has 1 aromatic heterocycles. The molecule has 0 aliphatic carbocycles.